The minimum Gasteiger partial charge on any atom is -0.463 e. The van der Waals surface area contributed by atoms with Crippen LogP contribution in [0.15, 0.2) is 24.3 Å². The summed E-state index contributed by atoms with van der Waals surface area (Å²) in [4.78, 5) is 20.8. The van der Waals surface area contributed by atoms with Crippen molar-refractivity contribution in [2.24, 2.45) is 0 Å². The molecule has 0 atom stereocenters. The molecule has 0 saturated heterocycles. The Morgan fingerprint density at radius 1 is 1.43 bits per heavy atom. The van der Waals surface area contributed by atoms with E-state index in [2.05, 4.69) is 4.74 Å². The molecule has 5 heteroatoms. The molecule has 0 aromatic heterocycles. The van der Waals surface area contributed by atoms with Gasteiger partial charge in [0.2, 0.25) is 0 Å². The van der Waals surface area contributed by atoms with Crippen LogP contribution in [-0.4, -0.2) is 17.6 Å². The van der Waals surface area contributed by atoms with Gasteiger partial charge in [-0.05, 0) is 17.7 Å². The molecule has 1 aromatic carbocycles. The summed E-state index contributed by atoms with van der Waals surface area (Å²) in [5, 5.41) is 8.33. The van der Waals surface area contributed by atoms with Gasteiger partial charge in [0.25, 0.3) is 12.4 Å². The third-order valence-electron chi connectivity index (χ3n) is 1.64. The minimum absolute atomic E-state index is 0.171. The quantitative estimate of drug-likeness (QED) is 0.416. The fourth-order valence-electron chi connectivity index (χ4n) is 0.947. The lowest BCUT2D eigenvalue weighted by Gasteiger charge is -2.01. The predicted molar refractivity (Wildman–Crippen MR) is 46.5 cm³/mol. The standard InChI is InChI=1S/C9H9NO4/c11-6-14-5-7-1-3-8(4-2-7)9(12)10-13/h1-4,6,13H,5H2,(H,10,12). The summed E-state index contributed by atoms with van der Waals surface area (Å²) in [6, 6.07) is 6.31. The molecule has 0 aliphatic carbocycles. The third kappa shape index (κ3) is 2.56. The zero-order chi connectivity index (χ0) is 10.4. The second-order valence-electron chi connectivity index (χ2n) is 2.55. The Balaban J connectivity index is 2.68. The summed E-state index contributed by atoms with van der Waals surface area (Å²) < 4.78 is 4.52. The smallest absolute Gasteiger partial charge is 0.293 e. The van der Waals surface area contributed by atoms with Gasteiger partial charge in [-0.1, -0.05) is 12.1 Å². The van der Waals surface area contributed by atoms with Crippen LogP contribution in [0.4, 0.5) is 0 Å². The molecule has 0 aliphatic heterocycles. The number of ether oxygens (including phenoxy) is 1. The summed E-state index contributed by atoms with van der Waals surface area (Å²) in [6.07, 6.45) is 0. The number of hydrogen-bond donors (Lipinski definition) is 2. The van der Waals surface area contributed by atoms with Crippen LogP contribution in [0.25, 0.3) is 0 Å². The largest absolute Gasteiger partial charge is 0.463 e. The van der Waals surface area contributed by atoms with Gasteiger partial charge in [-0.25, -0.2) is 5.48 Å². The highest BCUT2D eigenvalue weighted by atomic mass is 16.5. The lowest BCUT2D eigenvalue weighted by atomic mass is 10.1. The van der Waals surface area contributed by atoms with Gasteiger partial charge in [0.15, 0.2) is 0 Å². The van der Waals surface area contributed by atoms with Gasteiger partial charge in [-0.2, -0.15) is 0 Å². The molecule has 2 N–H and O–H groups in total. The van der Waals surface area contributed by atoms with Crippen molar-refractivity contribution in [2.45, 2.75) is 6.61 Å². The van der Waals surface area contributed by atoms with Crippen molar-refractivity contribution in [1.82, 2.24) is 5.48 Å². The fourth-order valence-corrected chi connectivity index (χ4v) is 0.947. The third-order valence-corrected chi connectivity index (χ3v) is 1.64. The Bertz CT molecular complexity index is 320. The van der Waals surface area contributed by atoms with Crippen LogP contribution in [0, 0.1) is 0 Å². The van der Waals surface area contributed by atoms with Gasteiger partial charge in [-0.3, -0.25) is 14.8 Å². The molecule has 0 heterocycles. The summed E-state index contributed by atoms with van der Waals surface area (Å²) in [5.41, 5.74) is 2.62. The summed E-state index contributed by atoms with van der Waals surface area (Å²) in [6.45, 7) is 0.527. The van der Waals surface area contributed by atoms with E-state index < -0.39 is 5.91 Å². The van der Waals surface area contributed by atoms with Crippen LogP contribution in [0.2, 0.25) is 0 Å². The normalized spacial score (nSPS) is 9.21. The Morgan fingerprint density at radius 3 is 2.57 bits per heavy atom. The Morgan fingerprint density at radius 2 is 2.07 bits per heavy atom. The number of carbonyl (C=O) groups excluding carboxylic acids is 2. The maximum Gasteiger partial charge on any atom is 0.293 e. The van der Waals surface area contributed by atoms with Crippen molar-refractivity contribution in [1.29, 1.82) is 0 Å². The molecule has 74 valence electrons. The van der Waals surface area contributed by atoms with Crippen molar-refractivity contribution >= 4 is 12.4 Å². The number of carbonyl (C=O) groups is 2. The topological polar surface area (TPSA) is 75.6 Å². The van der Waals surface area contributed by atoms with Gasteiger partial charge in [0, 0.05) is 5.56 Å². The first-order valence-electron chi connectivity index (χ1n) is 3.86. The van der Waals surface area contributed by atoms with Crippen LogP contribution in [-0.2, 0) is 16.1 Å². The second kappa shape index (κ2) is 4.98. The van der Waals surface area contributed by atoms with E-state index in [4.69, 9.17) is 5.21 Å². The molecule has 0 bridgehead atoms. The van der Waals surface area contributed by atoms with Gasteiger partial charge in [0.1, 0.15) is 6.61 Å². The van der Waals surface area contributed by atoms with Crippen molar-refractivity contribution in [3.8, 4) is 0 Å². The molecule has 0 aliphatic rings. The average Bonchev–Trinajstić information content (AvgIpc) is 2.26. The molecule has 1 aromatic rings. The van der Waals surface area contributed by atoms with E-state index in [0.717, 1.165) is 5.56 Å². The van der Waals surface area contributed by atoms with Crippen molar-refractivity contribution in [2.75, 3.05) is 0 Å². The van der Waals surface area contributed by atoms with Gasteiger partial charge in [0.05, 0.1) is 0 Å². The monoisotopic (exact) mass is 195 g/mol. The van der Waals surface area contributed by atoms with E-state index in [1.165, 1.54) is 17.6 Å². The number of rotatable bonds is 4. The highest BCUT2D eigenvalue weighted by molar-refractivity contribution is 5.93. The lowest BCUT2D eigenvalue weighted by Crippen LogP contribution is -2.18. The maximum atomic E-state index is 10.9. The Labute approximate surface area is 80.3 Å². The molecule has 0 saturated carbocycles. The summed E-state index contributed by atoms with van der Waals surface area (Å²) in [7, 11) is 0. The van der Waals surface area contributed by atoms with Crippen molar-refractivity contribution < 1.29 is 19.5 Å². The molecule has 0 spiro atoms. The van der Waals surface area contributed by atoms with Crippen LogP contribution in [0.1, 0.15) is 15.9 Å². The number of hydroxylamine groups is 1. The van der Waals surface area contributed by atoms with Gasteiger partial charge >= 0.3 is 0 Å². The molecular weight excluding hydrogens is 186 g/mol. The highest BCUT2D eigenvalue weighted by Gasteiger charge is 2.02. The number of amides is 1. The molecule has 5 nitrogen and oxygen atoms in total. The van der Waals surface area contributed by atoms with E-state index in [0.29, 0.717) is 12.0 Å². The first-order chi connectivity index (χ1) is 6.77. The number of nitrogens with one attached hydrogen (secondary N) is 1. The van der Waals surface area contributed by atoms with E-state index in [1.54, 1.807) is 12.1 Å². The second-order valence-corrected chi connectivity index (χ2v) is 2.55. The lowest BCUT2D eigenvalue weighted by molar-refractivity contribution is -0.129. The van der Waals surface area contributed by atoms with Crippen molar-refractivity contribution in [3.05, 3.63) is 35.4 Å². The Kier molecular flexibility index (Phi) is 3.63. The maximum absolute atomic E-state index is 10.9. The van der Waals surface area contributed by atoms with Crippen LogP contribution >= 0.6 is 0 Å². The first kappa shape index (κ1) is 10.2. The molecule has 14 heavy (non-hydrogen) atoms. The predicted octanol–water partition coefficient (Wildman–Crippen LogP) is 0.479. The first-order valence-corrected chi connectivity index (χ1v) is 3.86. The van der Waals surface area contributed by atoms with Crippen LogP contribution < -0.4 is 5.48 Å². The van der Waals surface area contributed by atoms with Crippen LogP contribution in [0.3, 0.4) is 0 Å². The molecular formula is C9H9NO4. The Hall–Kier alpha value is -1.88. The van der Waals surface area contributed by atoms with Gasteiger partial charge < -0.3 is 4.74 Å². The average molecular weight is 195 g/mol. The van der Waals surface area contributed by atoms with E-state index >= 15 is 0 Å². The van der Waals surface area contributed by atoms with Gasteiger partial charge in [-0.15, -0.1) is 0 Å². The van der Waals surface area contributed by atoms with E-state index in [1.807, 2.05) is 0 Å². The minimum atomic E-state index is -0.576. The van der Waals surface area contributed by atoms with E-state index in [-0.39, 0.29) is 6.61 Å². The molecule has 0 radical (unpaired) electrons. The molecule has 1 rings (SSSR count). The zero-order valence-corrected chi connectivity index (χ0v) is 7.27. The number of benzene rings is 1. The van der Waals surface area contributed by atoms with E-state index in [9.17, 15) is 9.59 Å². The fraction of sp³-hybridized carbons (Fsp3) is 0.111. The number of hydrogen-bond acceptors (Lipinski definition) is 4. The molecule has 1 amide bonds. The SMILES string of the molecule is O=COCc1ccc(C(=O)NO)cc1. The van der Waals surface area contributed by atoms with Crippen LogP contribution in [0.5, 0.6) is 0 Å². The molecule has 0 unspecified atom stereocenters. The zero-order valence-electron chi connectivity index (χ0n) is 7.27. The highest BCUT2D eigenvalue weighted by Crippen LogP contribution is 2.05. The summed E-state index contributed by atoms with van der Waals surface area (Å²) in [5.74, 6) is -0.576. The van der Waals surface area contributed by atoms with Crippen molar-refractivity contribution in [3.63, 3.8) is 0 Å². The molecule has 0 fully saturated rings. The summed E-state index contributed by atoms with van der Waals surface area (Å²) >= 11 is 0.